The van der Waals surface area contributed by atoms with Gasteiger partial charge in [-0.3, -0.25) is 4.98 Å². The average molecular weight is 262 g/mol. The molecule has 2 heterocycles. The molecule has 1 N–H and O–H groups in total. The summed E-state index contributed by atoms with van der Waals surface area (Å²) in [6.45, 7) is 5.25. The van der Waals surface area contributed by atoms with E-state index in [9.17, 15) is 0 Å². The first-order chi connectivity index (χ1) is 9.11. The lowest BCUT2D eigenvalue weighted by atomic mass is 10.1. The second-order valence-electron chi connectivity index (χ2n) is 5.64. The molecule has 106 valence electrons. The molecule has 1 aliphatic rings. The summed E-state index contributed by atoms with van der Waals surface area (Å²) in [7, 11) is 6.41. The van der Waals surface area contributed by atoms with Crippen LogP contribution >= 0.6 is 0 Å². The van der Waals surface area contributed by atoms with Crippen LogP contribution in [0.15, 0.2) is 12.3 Å². The van der Waals surface area contributed by atoms with Crippen LogP contribution in [0.25, 0.3) is 0 Å². The van der Waals surface area contributed by atoms with E-state index in [1.807, 2.05) is 13.2 Å². The van der Waals surface area contributed by atoms with Gasteiger partial charge in [-0.25, -0.2) is 0 Å². The lowest BCUT2D eigenvalue weighted by Crippen LogP contribution is -2.37. The first-order valence-corrected chi connectivity index (χ1v) is 7.13. The van der Waals surface area contributed by atoms with Gasteiger partial charge in [0.1, 0.15) is 0 Å². The Labute approximate surface area is 116 Å². The van der Waals surface area contributed by atoms with Gasteiger partial charge in [-0.2, -0.15) is 0 Å². The molecule has 2 rings (SSSR count). The van der Waals surface area contributed by atoms with Crippen LogP contribution in [0.1, 0.15) is 24.1 Å². The van der Waals surface area contributed by atoms with Crippen LogP contribution < -0.4 is 10.2 Å². The smallest absolute Gasteiger partial charge is 0.0443 e. The second-order valence-corrected chi connectivity index (χ2v) is 5.64. The van der Waals surface area contributed by atoms with Crippen molar-refractivity contribution in [2.75, 3.05) is 39.1 Å². The minimum Gasteiger partial charge on any atom is -0.373 e. The van der Waals surface area contributed by atoms with Crippen molar-refractivity contribution in [2.45, 2.75) is 32.4 Å². The molecule has 0 saturated carbocycles. The number of hydrogen-bond acceptors (Lipinski definition) is 4. The third kappa shape index (κ3) is 3.45. The minimum atomic E-state index is 0.681. The van der Waals surface area contributed by atoms with Crippen LogP contribution in [-0.4, -0.2) is 50.2 Å². The number of pyridine rings is 1. The number of likely N-dealkylation sites (N-methyl/N-ethyl adjacent to an activating group) is 2. The Morgan fingerprint density at radius 1 is 1.53 bits per heavy atom. The largest absolute Gasteiger partial charge is 0.373 e. The van der Waals surface area contributed by atoms with Gasteiger partial charge in [0, 0.05) is 49.3 Å². The third-order valence-electron chi connectivity index (χ3n) is 4.03. The lowest BCUT2D eigenvalue weighted by molar-refractivity contribution is 0.314. The molecule has 0 radical (unpaired) electrons. The Bertz CT molecular complexity index is 419. The van der Waals surface area contributed by atoms with E-state index >= 15 is 0 Å². The van der Waals surface area contributed by atoms with E-state index in [-0.39, 0.29) is 0 Å². The molecule has 19 heavy (non-hydrogen) atoms. The molecule has 1 aliphatic heterocycles. The van der Waals surface area contributed by atoms with Crippen LogP contribution in [0.3, 0.4) is 0 Å². The number of aryl methyl sites for hydroxylation is 1. The van der Waals surface area contributed by atoms with Gasteiger partial charge in [0.05, 0.1) is 0 Å². The summed E-state index contributed by atoms with van der Waals surface area (Å²) in [5.74, 6) is 0. The molecule has 0 spiro atoms. The van der Waals surface area contributed by atoms with Crippen molar-refractivity contribution in [3.8, 4) is 0 Å². The molecule has 0 aliphatic carbocycles. The maximum atomic E-state index is 4.41. The van der Waals surface area contributed by atoms with Gasteiger partial charge in [0.25, 0.3) is 0 Å². The summed E-state index contributed by atoms with van der Waals surface area (Å²) in [6, 6.07) is 2.88. The van der Waals surface area contributed by atoms with Crippen molar-refractivity contribution >= 4 is 5.69 Å². The Balaban J connectivity index is 2.12. The molecule has 1 aromatic heterocycles. The summed E-state index contributed by atoms with van der Waals surface area (Å²) in [5, 5.41) is 3.22. The van der Waals surface area contributed by atoms with Gasteiger partial charge in [0.15, 0.2) is 0 Å². The van der Waals surface area contributed by atoms with E-state index in [2.05, 4.69) is 47.2 Å². The average Bonchev–Trinajstić information content (AvgIpc) is 2.77. The molecule has 1 fully saturated rings. The van der Waals surface area contributed by atoms with Crippen molar-refractivity contribution in [3.63, 3.8) is 0 Å². The Morgan fingerprint density at radius 2 is 2.32 bits per heavy atom. The van der Waals surface area contributed by atoms with Crippen LogP contribution in [0.5, 0.6) is 0 Å². The lowest BCUT2D eigenvalue weighted by Gasteiger charge is -2.29. The number of anilines is 1. The summed E-state index contributed by atoms with van der Waals surface area (Å²) in [5.41, 5.74) is 3.67. The molecule has 1 unspecified atom stereocenters. The molecular formula is C15H26N4. The van der Waals surface area contributed by atoms with E-state index in [0.29, 0.717) is 6.04 Å². The van der Waals surface area contributed by atoms with Gasteiger partial charge in [-0.05, 0) is 46.5 Å². The maximum absolute atomic E-state index is 4.41. The van der Waals surface area contributed by atoms with E-state index in [4.69, 9.17) is 0 Å². The van der Waals surface area contributed by atoms with Crippen molar-refractivity contribution in [1.82, 2.24) is 15.2 Å². The highest BCUT2D eigenvalue weighted by Crippen LogP contribution is 2.23. The Kier molecular flexibility index (Phi) is 4.77. The fourth-order valence-electron chi connectivity index (χ4n) is 2.88. The quantitative estimate of drug-likeness (QED) is 0.874. The van der Waals surface area contributed by atoms with Gasteiger partial charge >= 0.3 is 0 Å². The molecular weight excluding hydrogens is 236 g/mol. The SMILES string of the molecule is CNCc1cnc(C)cc1N(C)CC1CCCN1C. The highest BCUT2D eigenvalue weighted by atomic mass is 15.2. The summed E-state index contributed by atoms with van der Waals surface area (Å²) in [4.78, 5) is 9.27. The molecule has 1 saturated heterocycles. The summed E-state index contributed by atoms with van der Waals surface area (Å²) >= 11 is 0. The first-order valence-electron chi connectivity index (χ1n) is 7.13. The predicted molar refractivity (Wildman–Crippen MR) is 80.7 cm³/mol. The minimum absolute atomic E-state index is 0.681. The van der Waals surface area contributed by atoms with Crippen molar-refractivity contribution < 1.29 is 0 Å². The fourth-order valence-corrected chi connectivity index (χ4v) is 2.88. The highest BCUT2D eigenvalue weighted by Gasteiger charge is 2.22. The number of rotatable bonds is 5. The van der Waals surface area contributed by atoms with Gasteiger partial charge in [0.2, 0.25) is 0 Å². The number of likely N-dealkylation sites (tertiary alicyclic amines) is 1. The number of nitrogens with zero attached hydrogens (tertiary/aromatic N) is 3. The molecule has 0 bridgehead atoms. The van der Waals surface area contributed by atoms with Crippen LogP contribution in [0.4, 0.5) is 5.69 Å². The van der Waals surface area contributed by atoms with Crippen molar-refractivity contribution in [1.29, 1.82) is 0 Å². The summed E-state index contributed by atoms with van der Waals surface area (Å²) in [6.07, 6.45) is 4.63. The molecule has 1 atom stereocenters. The zero-order chi connectivity index (χ0) is 13.8. The van der Waals surface area contributed by atoms with E-state index in [1.54, 1.807) is 0 Å². The van der Waals surface area contributed by atoms with Crippen LogP contribution in [0, 0.1) is 6.92 Å². The predicted octanol–water partition coefficient (Wildman–Crippen LogP) is 1.64. The zero-order valence-corrected chi connectivity index (χ0v) is 12.6. The van der Waals surface area contributed by atoms with E-state index in [0.717, 1.165) is 18.8 Å². The molecule has 0 amide bonds. The van der Waals surface area contributed by atoms with Gasteiger partial charge in [-0.15, -0.1) is 0 Å². The van der Waals surface area contributed by atoms with Crippen molar-refractivity contribution in [3.05, 3.63) is 23.5 Å². The van der Waals surface area contributed by atoms with Crippen molar-refractivity contribution in [2.24, 2.45) is 0 Å². The Hall–Kier alpha value is -1.13. The second kappa shape index (κ2) is 6.35. The standard InChI is InChI=1S/C15H26N4/c1-12-8-15(13(9-16-2)10-17-12)19(4)11-14-6-5-7-18(14)3/h8,10,14,16H,5-7,9,11H2,1-4H3. The number of aromatic nitrogens is 1. The summed E-state index contributed by atoms with van der Waals surface area (Å²) < 4.78 is 0. The zero-order valence-electron chi connectivity index (χ0n) is 12.6. The topological polar surface area (TPSA) is 31.4 Å². The number of hydrogen-bond donors (Lipinski definition) is 1. The highest BCUT2D eigenvalue weighted by molar-refractivity contribution is 5.53. The maximum Gasteiger partial charge on any atom is 0.0443 e. The van der Waals surface area contributed by atoms with E-state index < -0.39 is 0 Å². The Morgan fingerprint density at radius 3 is 2.95 bits per heavy atom. The van der Waals surface area contributed by atoms with Crippen LogP contribution in [0.2, 0.25) is 0 Å². The molecule has 4 heteroatoms. The van der Waals surface area contributed by atoms with Crippen LogP contribution in [-0.2, 0) is 6.54 Å². The molecule has 1 aromatic rings. The van der Waals surface area contributed by atoms with Gasteiger partial charge in [-0.1, -0.05) is 0 Å². The number of nitrogens with one attached hydrogen (secondary N) is 1. The molecule has 0 aromatic carbocycles. The molecule has 4 nitrogen and oxygen atoms in total. The fraction of sp³-hybridized carbons (Fsp3) is 0.667. The normalized spacial score (nSPS) is 19.9. The first kappa shape index (κ1) is 14.3. The third-order valence-corrected chi connectivity index (χ3v) is 4.03. The van der Waals surface area contributed by atoms with E-state index in [1.165, 1.54) is 30.6 Å². The monoisotopic (exact) mass is 262 g/mol. The van der Waals surface area contributed by atoms with Gasteiger partial charge < -0.3 is 15.1 Å².